The molecule has 1 rings (SSSR count). The lowest BCUT2D eigenvalue weighted by atomic mass is 10.2. The summed E-state index contributed by atoms with van der Waals surface area (Å²) in [6.45, 7) is 1.79. The van der Waals surface area contributed by atoms with Gasteiger partial charge in [-0.05, 0) is 24.1 Å². The molecular formula is C8H8Cl2O3S. The Labute approximate surface area is 92.4 Å². The minimum Gasteiger partial charge on any atom is -0.282 e. The van der Waals surface area contributed by atoms with Crippen molar-refractivity contribution in [2.24, 2.45) is 0 Å². The van der Waals surface area contributed by atoms with Crippen molar-refractivity contribution in [1.29, 1.82) is 0 Å². The van der Waals surface area contributed by atoms with Crippen LogP contribution in [0.4, 0.5) is 0 Å². The highest BCUT2D eigenvalue weighted by molar-refractivity contribution is 7.86. The van der Waals surface area contributed by atoms with Gasteiger partial charge in [0.2, 0.25) is 0 Å². The summed E-state index contributed by atoms with van der Waals surface area (Å²) in [4.78, 5) is -0.305. The van der Waals surface area contributed by atoms with Crippen LogP contribution in [0.25, 0.3) is 0 Å². The molecule has 0 aliphatic heterocycles. The van der Waals surface area contributed by atoms with Crippen LogP contribution in [0.2, 0.25) is 10.0 Å². The maximum Gasteiger partial charge on any atom is 0.296 e. The van der Waals surface area contributed by atoms with Crippen LogP contribution in [-0.2, 0) is 16.5 Å². The minimum atomic E-state index is -4.27. The van der Waals surface area contributed by atoms with Crippen molar-refractivity contribution in [3.05, 3.63) is 27.7 Å². The molecule has 0 radical (unpaired) electrons. The highest BCUT2D eigenvalue weighted by Gasteiger charge is 2.18. The first-order chi connectivity index (χ1) is 6.38. The number of halogens is 2. The van der Waals surface area contributed by atoms with E-state index in [2.05, 4.69) is 0 Å². The molecule has 0 bridgehead atoms. The van der Waals surface area contributed by atoms with E-state index in [1.165, 1.54) is 12.1 Å². The van der Waals surface area contributed by atoms with E-state index < -0.39 is 10.1 Å². The Morgan fingerprint density at radius 1 is 1.36 bits per heavy atom. The first-order valence-electron chi connectivity index (χ1n) is 3.82. The van der Waals surface area contributed by atoms with Gasteiger partial charge >= 0.3 is 0 Å². The van der Waals surface area contributed by atoms with Crippen LogP contribution in [0.1, 0.15) is 12.5 Å². The van der Waals surface area contributed by atoms with Crippen molar-refractivity contribution >= 4 is 33.3 Å². The maximum absolute atomic E-state index is 10.9. The summed E-state index contributed by atoms with van der Waals surface area (Å²) in [5.41, 5.74) is 0.517. The summed E-state index contributed by atoms with van der Waals surface area (Å²) in [6, 6.07) is 2.58. The molecule has 0 heterocycles. The van der Waals surface area contributed by atoms with Crippen LogP contribution in [0.15, 0.2) is 17.0 Å². The maximum atomic E-state index is 10.9. The van der Waals surface area contributed by atoms with Crippen molar-refractivity contribution in [2.75, 3.05) is 0 Å². The second kappa shape index (κ2) is 4.06. The van der Waals surface area contributed by atoms with Gasteiger partial charge in [-0.15, -0.1) is 0 Å². The predicted octanol–water partition coefficient (Wildman–Crippen LogP) is 2.80. The molecule has 0 saturated carbocycles. The molecule has 0 aliphatic carbocycles. The zero-order chi connectivity index (χ0) is 10.9. The van der Waals surface area contributed by atoms with Gasteiger partial charge in [-0.25, -0.2) is 0 Å². The van der Waals surface area contributed by atoms with Gasteiger partial charge in [0, 0.05) is 5.02 Å². The van der Waals surface area contributed by atoms with Gasteiger partial charge in [-0.1, -0.05) is 30.1 Å². The Morgan fingerprint density at radius 2 is 1.93 bits per heavy atom. The number of rotatable bonds is 2. The molecule has 0 aliphatic rings. The first-order valence-corrected chi connectivity index (χ1v) is 6.02. The Morgan fingerprint density at radius 3 is 2.36 bits per heavy atom. The van der Waals surface area contributed by atoms with Crippen molar-refractivity contribution in [2.45, 2.75) is 18.2 Å². The molecular weight excluding hydrogens is 247 g/mol. The standard InChI is InChI=1S/C8H8Cl2O3S/c1-2-5-6(9)3-4-7(8(5)10)14(11,12)13/h3-4H,2H2,1H3,(H,11,12,13). The molecule has 1 aromatic rings. The van der Waals surface area contributed by atoms with E-state index in [9.17, 15) is 8.42 Å². The van der Waals surface area contributed by atoms with Crippen molar-refractivity contribution in [3.8, 4) is 0 Å². The monoisotopic (exact) mass is 254 g/mol. The Hall–Kier alpha value is -0.290. The molecule has 14 heavy (non-hydrogen) atoms. The van der Waals surface area contributed by atoms with Crippen LogP contribution < -0.4 is 0 Å². The minimum absolute atomic E-state index is 0.0116. The largest absolute Gasteiger partial charge is 0.296 e. The lowest BCUT2D eigenvalue weighted by Crippen LogP contribution is -2.01. The average molecular weight is 255 g/mol. The lowest BCUT2D eigenvalue weighted by molar-refractivity contribution is 0.483. The molecule has 1 aromatic carbocycles. The van der Waals surface area contributed by atoms with Crippen LogP contribution in [0.3, 0.4) is 0 Å². The molecule has 0 saturated heterocycles. The predicted molar refractivity (Wildman–Crippen MR) is 55.7 cm³/mol. The number of hydrogen-bond donors (Lipinski definition) is 1. The molecule has 0 amide bonds. The van der Waals surface area contributed by atoms with Crippen molar-refractivity contribution in [1.82, 2.24) is 0 Å². The summed E-state index contributed by atoms with van der Waals surface area (Å²) < 4.78 is 30.5. The van der Waals surface area contributed by atoms with E-state index in [4.69, 9.17) is 27.8 Å². The zero-order valence-electron chi connectivity index (χ0n) is 7.29. The third-order valence-electron chi connectivity index (χ3n) is 1.78. The Kier molecular flexibility index (Phi) is 3.42. The van der Waals surface area contributed by atoms with Gasteiger partial charge in [0.1, 0.15) is 4.90 Å². The molecule has 0 atom stereocenters. The van der Waals surface area contributed by atoms with Crippen LogP contribution in [0, 0.1) is 0 Å². The van der Waals surface area contributed by atoms with E-state index in [1.54, 1.807) is 6.92 Å². The fraction of sp³-hybridized carbons (Fsp3) is 0.250. The van der Waals surface area contributed by atoms with E-state index in [-0.39, 0.29) is 9.92 Å². The Balaban J connectivity index is 3.52. The second-order valence-electron chi connectivity index (χ2n) is 2.67. The molecule has 6 heteroatoms. The SMILES string of the molecule is CCc1c(Cl)ccc(S(=O)(=O)O)c1Cl. The number of benzene rings is 1. The van der Waals surface area contributed by atoms with E-state index >= 15 is 0 Å². The molecule has 0 aromatic heterocycles. The molecule has 78 valence electrons. The summed E-state index contributed by atoms with van der Waals surface area (Å²) in [5.74, 6) is 0. The highest BCUT2D eigenvalue weighted by Crippen LogP contribution is 2.31. The molecule has 1 N–H and O–H groups in total. The van der Waals surface area contributed by atoms with Crippen molar-refractivity contribution in [3.63, 3.8) is 0 Å². The zero-order valence-corrected chi connectivity index (χ0v) is 9.62. The normalized spacial score (nSPS) is 11.7. The smallest absolute Gasteiger partial charge is 0.282 e. The summed E-state index contributed by atoms with van der Waals surface area (Å²) in [7, 11) is -4.27. The summed E-state index contributed by atoms with van der Waals surface area (Å²) in [5, 5.41) is 0.382. The quantitative estimate of drug-likeness (QED) is 0.826. The van der Waals surface area contributed by atoms with Crippen LogP contribution in [0.5, 0.6) is 0 Å². The highest BCUT2D eigenvalue weighted by atomic mass is 35.5. The van der Waals surface area contributed by atoms with Gasteiger partial charge in [0.15, 0.2) is 0 Å². The van der Waals surface area contributed by atoms with E-state index in [0.29, 0.717) is 17.0 Å². The first kappa shape index (κ1) is 11.8. The van der Waals surface area contributed by atoms with Crippen molar-refractivity contribution < 1.29 is 13.0 Å². The molecule has 0 unspecified atom stereocenters. The lowest BCUT2D eigenvalue weighted by Gasteiger charge is -2.07. The van der Waals surface area contributed by atoms with Gasteiger partial charge in [-0.3, -0.25) is 4.55 Å². The van der Waals surface area contributed by atoms with Crippen LogP contribution >= 0.6 is 23.2 Å². The molecule has 0 spiro atoms. The third-order valence-corrected chi connectivity index (χ3v) is 3.58. The van der Waals surface area contributed by atoms with E-state index in [1.807, 2.05) is 0 Å². The fourth-order valence-electron chi connectivity index (χ4n) is 1.10. The van der Waals surface area contributed by atoms with Gasteiger partial charge in [0.05, 0.1) is 5.02 Å². The molecule has 3 nitrogen and oxygen atoms in total. The van der Waals surface area contributed by atoms with Gasteiger partial charge in [0.25, 0.3) is 10.1 Å². The number of hydrogen-bond acceptors (Lipinski definition) is 2. The third kappa shape index (κ3) is 2.20. The summed E-state index contributed by atoms with van der Waals surface area (Å²) in [6.07, 6.45) is 0.501. The summed E-state index contributed by atoms with van der Waals surface area (Å²) >= 11 is 11.6. The van der Waals surface area contributed by atoms with Crippen LogP contribution in [-0.4, -0.2) is 13.0 Å². The topological polar surface area (TPSA) is 54.4 Å². The van der Waals surface area contributed by atoms with E-state index in [0.717, 1.165) is 0 Å². The average Bonchev–Trinajstić information content (AvgIpc) is 2.02. The Bertz CT molecular complexity index is 454. The van der Waals surface area contributed by atoms with Gasteiger partial charge < -0.3 is 0 Å². The van der Waals surface area contributed by atoms with Gasteiger partial charge in [-0.2, -0.15) is 8.42 Å². The fourth-order valence-corrected chi connectivity index (χ4v) is 2.62. The second-order valence-corrected chi connectivity index (χ2v) is 4.84. The molecule has 0 fully saturated rings.